The predicted molar refractivity (Wildman–Crippen MR) is 115 cm³/mol. The summed E-state index contributed by atoms with van der Waals surface area (Å²) in [4.78, 5) is 12.9. The topological polar surface area (TPSA) is 75.3 Å². The van der Waals surface area contributed by atoms with E-state index in [4.69, 9.17) is 0 Å². The lowest BCUT2D eigenvalue weighted by atomic mass is 9.85. The number of carbonyl (C=O) groups excluding carboxylic acids is 1. The van der Waals surface area contributed by atoms with Crippen molar-refractivity contribution >= 4 is 15.9 Å². The molecule has 3 rings (SSSR count). The van der Waals surface area contributed by atoms with Gasteiger partial charge in [0.1, 0.15) is 5.82 Å². The second kappa shape index (κ2) is 9.71. The Morgan fingerprint density at radius 2 is 1.63 bits per heavy atom. The van der Waals surface area contributed by atoms with E-state index in [0.29, 0.717) is 25.7 Å². The van der Waals surface area contributed by atoms with Crippen LogP contribution < -0.4 is 10.0 Å². The van der Waals surface area contributed by atoms with Crippen LogP contribution in [0.3, 0.4) is 0 Å². The number of hydrogen-bond acceptors (Lipinski definition) is 3. The second-order valence-corrected chi connectivity index (χ2v) is 9.66. The first-order valence-electron chi connectivity index (χ1n) is 10.5. The standard InChI is InChI=1S/C23H29FN2O3S/c1-3-17-4-14-22(15-5-17)30(28,29)26-21-12-8-19(9-13-21)23(27)25-16(2)18-6-10-20(24)11-7-18/h4-7,10-11,14-16,19,21,26H,3,8-9,12-13H2,1-2H3,(H,25,27)/t16-,19?,21?/m1/s1. The smallest absolute Gasteiger partial charge is 0.240 e. The molecule has 1 amide bonds. The van der Waals surface area contributed by atoms with Crippen LogP contribution in [0, 0.1) is 11.7 Å². The van der Waals surface area contributed by atoms with Gasteiger partial charge in [-0.15, -0.1) is 0 Å². The van der Waals surface area contributed by atoms with Crippen molar-refractivity contribution in [1.82, 2.24) is 10.0 Å². The van der Waals surface area contributed by atoms with E-state index < -0.39 is 10.0 Å². The van der Waals surface area contributed by atoms with Gasteiger partial charge in [0.05, 0.1) is 10.9 Å². The summed E-state index contributed by atoms with van der Waals surface area (Å²) in [5.74, 6) is -0.486. The molecule has 0 saturated heterocycles. The number of aryl methyl sites for hydroxylation is 1. The lowest BCUT2D eigenvalue weighted by Crippen LogP contribution is -2.41. The van der Waals surface area contributed by atoms with E-state index in [0.717, 1.165) is 17.5 Å². The lowest BCUT2D eigenvalue weighted by molar-refractivity contribution is -0.126. The largest absolute Gasteiger partial charge is 0.349 e. The minimum atomic E-state index is -3.56. The second-order valence-electron chi connectivity index (χ2n) is 7.95. The zero-order chi connectivity index (χ0) is 21.7. The summed E-state index contributed by atoms with van der Waals surface area (Å²) in [5.41, 5.74) is 1.94. The van der Waals surface area contributed by atoms with Gasteiger partial charge in [0.2, 0.25) is 15.9 Å². The van der Waals surface area contributed by atoms with Crippen LogP contribution in [0.2, 0.25) is 0 Å². The van der Waals surface area contributed by atoms with E-state index in [9.17, 15) is 17.6 Å². The molecule has 1 saturated carbocycles. The van der Waals surface area contributed by atoms with Gasteiger partial charge in [-0.25, -0.2) is 17.5 Å². The zero-order valence-corrected chi connectivity index (χ0v) is 18.2. The molecule has 1 atom stereocenters. The van der Waals surface area contributed by atoms with Crippen molar-refractivity contribution in [2.45, 2.75) is 62.9 Å². The monoisotopic (exact) mass is 432 g/mol. The SMILES string of the molecule is CCc1ccc(S(=O)(=O)NC2CCC(C(=O)N[C@H](C)c3ccc(F)cc3)CC2)cc1. The molecular weight excluding hydrogens is 403 g/mol. The molecule has 2 aromatic carbocycles. The van der Waals surface area contributed by atoms with E-state index in [1.807, 2.05) is 26.0 Å². The predicted octanol–water partition coefficient (Wildman–Crippen LogP) is 4.10. The van der Waals surface area contributed by atoms with Gasteiger partial charge in [0, 0.05) is 12.0 Å². The van der Waals surface area contributed by atoms with Crippen LogP contribution in [0.15, 0.2) is 53.4 Å². The molecule has 0 aromatic heterocycles. The van der Waals surface area contributed by atoms with Gasteiger partial charge in [-0.1, -0.05) is 31.2 Å². The average molecular weight is 433 g/mol. The zero-order valence-electron chi connectivity index (χ0n) is 17.4. The molecule has 2 N–H and O–H groups in total. The molecule has 7 heteroatoms. The molecule has 0 bridgehead atoms. The van der Waals surface area contributed by atoms with Gasteiger partial charge in [-0.2, -0.15) is 0 Å². The molecule has 2 aromatic rings. The first-order chi connectivity index (χ1) is 14.3. The summed E-state index contributed by atoms with van der Waals surface area (Å²) in [7, 11) is -3.56. The number of hydrogen-bond donors (Lipinski definition) is 2. The first-order valence-corrected chi connectivity index (χ1v) is 11.9. The molecule has 1 fully saturated rings. The lowest BCUT2D eigenvalue weighted by Gasteiger charge is -2.29. The normalized spacial score (nSPS) is 20.5. The Kier molecular flexibility index (Phi) is 7.26. The highest BCUT2D eigenvalue weighted by Crippen LogP contribution is 2.27. The average Bonchev–Trinajstić information content (AvgIpc) is 2.74. The number of amides is 1. The molecule has 1 aliphatic carbocycles. The molecule has 0 unspecified atom stereocenters. The third-order valence-electron chi connectivity index (χ3n) is 5.79. The summed E-state index contributed by atoms with van der Waals surface area (Å²) >= 11 is 0. The summed E-state index contributed by atoms with van der Waals surface area (Å²) < 4.78 is 41.1. The maximum absolute atomic E-state index is 13.1. The van der Waals surface area contributed by atoms with Gasteiger partial charge in [0.25, 0.3) is 0 Å². The maximum Gasteiger partial charge on any atom is 0.240 e. The molecule has 0 radical (unpaired) electrons. The van der Waals surface area contributed by atoms with Gasteiger partial charge < -0.3 is 5.32 Å². The van der Waals surface area contributed by atoms with Gasteiger partial charge >= 0.3 is 0 Å². The number of benzene rings is 2. The summed E-state index contributed by atoms with van der Waals surface area (Å²) in [6.45, 7) is 3.89. The van der Waals surface area contributed by atoms with Crippen LogP contribution in [0.1, 0.15) is 56.7 Å². The van der Waals surface area contributed by atoms with E-state index in [1.165, 1.54) is 12.1 Å². The molecule has 0 heterocycles. The van der Waals surface area contributed by atoms with Crippen molar-refractivity contribution in [2.24, 2.45) is 5.92 Å². The number of rotatable bonds is 7. The minimum Gasteiger partial charge on any atom is -0.349 e. The van der Waals surface area contributed by atoms with Gasteiger partial charge in [-0.3, -0.25) is 4.79 Å². The summed E-state index contributed by atoms with van der Waals surface area (Å²) in [6, 6.07) is 12.7. The van der Waals surface area contributed by atoms with Crippen LogP contribution in [0.4, 0.5) is 4.39 Å². The highest BCUT2D eigenvalue weighted by atomic mass is 32.2. The van der Waals surface area contributed by atoms with E-state index in [1.54, 1.807) is 24.3 Å². The molecule has 0 aliphatic heterocycles. The summed E-state index contributed by atoms with van der Waals surface area (Å²) in [6.07, 6.45) is 3.36. The number of nitrogens with one attached hydrogen (secondary N) is 2. The Morgan fingerprint density at radius 3 is 2.20 bits per heavy atom. The third kappa shape index (κ3) is 5.67. The van der Waals surface area contributed by atoms with Crippen LogP contribution in [0.5, 0.6) is 0 Å². The number of halogens is 1. The maximum atomic E-state index is 13.1. The van der Waals surface area contributed by atoms with Crippen molar-refractivity contribution in [2.75, 3.05) is 0 Å². The Hall–Kier alpha value is -2.25. The molecular formula is C23H29FN2O3S. The number of carbonyl (C=O) groups is 1. The van der Waals surface area contributed by atoms with Crippen molar-refractivity contribution in [3.63, 3.8) is 0 Å². The molecule has 0 spiro atoms. The van der Waals surface area contributed by atoms with E-state index >= 15 is 0 Å². The van der Waals surface area contributed by atoms with Crippen molar-refractivity contribution < 1.29 is 17.6 Å². The Morgan fingerprint density at radius 1 is 1.03 bits per heavy atom. The van der Waals surface area contributed by atoms with Crippen LogP contribution >= 0.6 is 0 Å². The molecule has 162 valence electrons. The first kappa shape index (κ1) is 22.4. The Bertz CT molecular complexity index is 951. The Balaban J connectivity index is 1.51. The van der Waals surface area contributed by atoms with E-state index in [-0.39, 0.29) is 34.6 Å². The molecule has 1 aliphatic rings. The highest BCUT2D eigenvalue weighted by molar-refractivity contribution is 7.89. The fourth-order valence-electron chi connectivity index (χ4n) is 3.83. The molecule has 30 heavy (non-hydrogen) atoms. The highest BCUT2D eigenvalue weighted by Gasteiger charge is 2.29. The quantitative estimate of drug-likeness (QED) is 0.692. The van der Waals surface area contributed by atoms with Gasteiger partial charge in [0.15, 0.2) is 0 Å². The van der Waals surface area contributed by atoms with Crippen molar-refractivity contribution in [3.05, 3.63) is 65.5 Å². The van der Waals surface area contributed by atoms with E-state index in [2.05, 4.69) is 10.0 Å². The fraction of sp³-hybridized carbons (Fsp3) is 0.435. The van der Waals surface area contributed by atoms with Crippen molar-refractivity contribution in [3.8, 4) is 0 Å². The van der Waals surface area contributed by atoms with Crippen LogP contribution in [-0.4, -0.2) is 20.4 Å². The van der Waals surface area contributed by atoms with Gasteiger partial charge in [-0.05, 0) is 74.4 Å². The Labute approximate surface area is 178 Å². The fourth-order valence-corrected chi connectivity index (χ4v) is 5.14. The van der Waals surface area contributed by atoms with Crippen LogP contribution in [-0.2, 0) is 21.2 Å². The molecule has 5 nitrogen and oxygen atoms in total. The van der Waals surface area contributed by atoms with Crippen molar-refractivity contribution in [1.29, 1.82) is 0 Å². The van der Waals surface area contributed by atoms with Crippen LogP contribution in [0.25, 0.3) is 0 Å². The number of sulfonamides is 1. The minimum absolute atomic E-state index is 0.0386. The third-order valence-corrected chi connectivity index (χ3v) is 7.33. The summed E-state index contributed by atoms with van der Waals surface area (Å²) in [5, 5.41) is 2.99.